The van der Waals surface area contributed by atoms with Gasteiger partial charge in [-0.05, 0) is 44.6 Å². The first-order valence-corrected chi connectivity index (χ1v) is 8.55. The summed E-state index contributed by atoms with van der Waals surface area (Å²) < 4.78 is 0.372. The quantitative estimate of drug-likeness (QED) is 0.440. The fourth-order valence-electron chi connectivity index (χ4n) is 2.22. The lowest BCUT2D eigenvalue weighted by Crippen LogP contribution is -2.43. The molecule has 20 heavy (non-hydrogen) atoms. The molecule has 0 spiro atoms. The van der Waals surface area contributed by atoms with E-state index in [2.05, 4.69) is 53.4 Å². The fraction of sp³-hybridized carbons (Fsp3) is 0.643. The first kappa shape index (κ1) is 18.1. The monoisotopic (exact) mass is 425 g/mol. The second-order valence-corrected chi connectivity index (χ2v) is 8.25. The maximum absolute atomic E-state index is 4.29. The maximum atomic E-state index is 4.29. The Morgan fingerprint density at radius 1 is 1.40 bits per heavy atom. The smallest absolute Gasteiger partial charge is 0.191 e. The van der Waals surface area contributed by atoms with Gasteiger partial charge >= 0.3 is 0 Å². The molecule has 1 saturated heterocycles. The third-order valence-electron chi connectivity index (χ3n) is 3.38. The van der Waals surface area contributed by atoms with Crippen molar-refractivity contribution in [3.63, 3.8) is 0 Å². The van der Waals surface area contributed by atoms with Gasteiger partial charge in [0.1, 0.15) is 0 Å². The van der Waals surface area contributed by atoms with E-state index < -0.39 is 0 Å². The Bertz CT molecular complexity index is 439. The van der Waals surface area contributed by atoms with Crippen molar-refractivity contribution in [2.24, 2.45) is 4.99 Å². The van der Waals surface area contributed by atoms with Crippen LogP contribution in [-0.4, -0.2) is 30.1 Å². The summed E-state index contributed by atoms with van der Waals surface area (Å²) in [7, 11) is 1.83. The highest BCUT2D eigenvalue weighted by Crippen LogP contribution is 2.36. The summed E-state index contributed by atoms with van der Waals surface area (Å²) in [6.45, 7) is 6.32. The number of halogens is 1. The average Bonchev–Trinajstić information content (AvgIpc) is 2.99. The Morgan fingerprint density at radius 3 is 2.75 bits per heavy atom. The molecule has 0 bridgehead atoms. The Balaban J connectivity index is 0.00000200. The zero-order valence-electron chi connectivity index (χ0n) is 12.4. The highest BCUT2D eigenvalue weighted by atomic mass is 127. The number of rotatable bonds is 4. The Labute approximate surface area is 147 Å². The molecule has 1 aliphatic heterocycles. The highest BCUT2D eigenvalue weighted by molar-refractivity contribution is 14.0. The molecule has 2 heterocycles. The molecule has 0 saturated carbocycles. The Hall–Kier alpha value is 0.0500. The molecule has 1 fully saturated rings. The molecule has 0 amide bonds. The molecule has 1 atom stereocenters. The summed E-state index contributed by atoms with van der Waals surface area (Å²) in [5, 5.41) is 6.83. The number of aryl methyl sites for hydroxylation is 1. The minimum absolute atomic E-state index is 0. The van der Waals surface area contributed by atoms with Crippen molar-refractivity contribution in [3.8, 4) is 0 Å². The lowest BCUT2D eigenvalue weighted by atomic mass is 10.1. The normalized spacial score (nSPS) is 22.4. The first-order valence-electron chi connectivity index (χ1n) is 6.75. The molecule has 2 N–H and O–H groups in total. The van der Waals surface area contributed by atoms with E-state index in [0.29, 0.717) is 4.75 Å². The van der Waals surface area contributed by atoms with Gasteiger partial charge in [-0.25, -0.2) is 0 Å². The molecule has 114 valence electrons. The van der Waals surface area contributed by atoms with Gasteiger partial charge in [-0.1, -0.05) is 0 Å². The van der Waals surface area contributed by atoms with Crippen molar-refractivity contribution >= 4 is 53.0 Å². The number of aliphatic imine (C=N–C) groups is 1. The average molecular weight is 425 g/mol. The lowest BCUT2D eigenvalue weighted by molar-refractivity contribution is 0.585. The van der Waals surface area contributed by atoms with Gasteiger partial charge in [0.2, 0.25) is 0 Å². The van der Waals surface area contributed by atoms with Crippen LogP contribution in [0.4, 0.5) is 0 Å². The second kappa shape index (κ2) is 8.48. The highest BCUT2D eigenvalue weighted by Gasteiger charge is 2.29. The van der Waals surface area contributed by atoms with Crippen molar-refractivity contribution in [2.45, 2.75) is 38.0 Å². The van der Waals surface area contributed by atoms with Crippen LogP contribution < -0.4 is 10.6 Å². The molecule has 1 unspecified atom stereocenters. The Kier molecular flexibility index (Phi) is 7.68. The predicted octanol–water partition coefficient (Wildman–Crippen LogP) is 3.63. The van der Waals surface area contributed by atoms with E-state index in [0.717, 1.165) is 19.0 Å². The van der Waals surface area contributed by atoms with E-state index in [-0.39, 0.29) is 24.0 Å². The van der Waals surface area contributed by atoms with Gasteiger partial charge < -0.3 is 10.6 Å². The molecule has 3 nitrogen and oxygen atoms in total. The number of guanidine groups is 1. The summed E-state index contributed by atoms with van der Waals surface area (Å²) >= 11 is 3.91. The third-order valence-corrected chi connectivity index (χ3v) is 5.92. The van der Waals surface area contributed by atoms with Crippen LogP contribution in [0, 0.1) is 6.92 Å². The molecule has 1 aromatic rings. The van der Waals surface area contributed by atoms with Gasteiger partial charge in [0, 0.05) is 28.1 Å². The van der Waals surface area contributed by atoms with Crippen LogP contribution in [0.15, 0.2) is 17.1 Å². The van der Waals surface area contributed by atoms with Gasteiger partial charge in [0.25, 0.3) is 0 Å². The first-order chi connectivity index (χ1) is 9.11. The zero-order valence-corrected chi connectivity index (χ0v) is 16.3. The van der Waals surface area contributed by atoms with Crippen LogP contribution in [0.25, 0.3) is 0 Å². The van der Waals surface area contributed by atoms with E-state index in [1.807, 2.05) is 18.4 Å². The van der Waals surface area contributed by atoms with E-state index >= 15 is 0 Å². The molecule has 2 rings (SSSR count). The number of nitrogens with zero attached hydrogens (tertiary/aromatic N) is 1. The SMILES string of the molecule is CN=C(NCc1ccc(C)s1)NCC1(C)CCCS1.I. The fourth-order valence-corrected chi connectivity index (χ4v) is 4.29. The summed E-state index contributed by atoms with van der Waals surface area (Å²) in [6, 6.07) is 4.34. The largest absolute Gasteiger partial charge is 0.355 e. The van der Waals surface area contributed by atoms with Gasteiger partial charge in [0.15, 0.2) is 5.96 Å². The molecule has 6 heteroatoms. The summed E-state index contributed by atoms with van der Waals surface area (Å²) in [6.07, 6.45) is 2.63. The number of hydrogen-bond acceptors (Lipinski definition) is 3. The van der Waals surface area contributed by atoms with Crippen LogP contribution in [-0.2, 0) is 6.54 Å². The standard InChI is InChI=1S/C14H23N3S2.HI/c1-11-5-6-12(19-11)9-16-13(15-3)17-10-14(2)7-4-8-18-14;/h5-6H,4,7-10H2,1-3H3,(H2,15,16,17);1H. The number of thioether (sulfide) groups is 1. The summed E-state index contributed by atoms with van der Waals surface area (Å²) in [5.74, 6) is 2.19. The van der Waals surface area contributed by atoms with E-state index in [4.69, 9.17) is 0 Å². The van der Waals surface area contributed by atoms with E-state index in [1.165, 1.54) is 28.3 Å². The topological polar surface area (TPSA) is 36.4 Å². The van der Waals surface area contributed by atoms with Crippen molar-refractivity contribution in [2.75, 3.05) is 19.3 Å². The molecular weight excluding hydrogens is 401 g/mol. The van der Waals surface area contributed by atoms with E-state index in [9.17, 15) is 0 Å². The van der Waals surface area contributed by atoms with Crippen LogP contribution in [0.2, 0.25) is 0 Å². The molecular formula is C14H24IN3S2. The lowest BCUT2D eigenvalue weighted by Gasteiger charge is -2.24. The summed E-state index contributed by atoms with van der Waals surface area (Å²) in [5.41, 5.74) is 0. The van der Waals surface area contributed by atoms with Gasteiger partial charge in [0.05, 0.1) is 6.54 Å². The van der Waals surface area contributed by atoms with Crippen LogP contribution in [0.5, 0.6) is 0 Å². The third kappa shape index (κ3) is 5.44. The van der Waals surface area contributed by atoms with E-state index in [1.54, 1.807) is 0 Å². The van der Waals surface area contributed by atoms with Crippen molar-refractivity contribution in [3.05, 3.63) is 21.9 Å². The van der Waals surface area contributed by atoms with Crippen molar-refractivity contribution < 1.29 is 0 Å². The minimum Gasteiger partial charge on any atom is -0.355 e. The second-order valence-electron chi connectivity index (χ2n) is 5.19. The number of thiophene rings is 1. The number of hydrogen-bond donors (Lipinski definition) is 2. The Morgan fingerprint density at radius 2 is 2.20 bits per heavy atom. The van der Waals surface area contributed by atoms with Gasteiger partial charge in [-0.3, -0.25) is 4.99 Å². The van der Waals surface area contributed by atoms with Gasteiger partial charge in [-0.15, -0.1) is 35.3 Å². The molecule has 1 aromatic heterocycles. The molecule has 0 aliphatic carbocycles. The van der Waals surface area contributed by atoms with Crippen LogP contribution in [0.3, 0.4) is 0 Å². The van der Waals surface area contributed by atoms with Crippen molar-refractivity contribution in [1.29, 1.82) is 0 Å². The minimum atomic E-state index is 0. The van der Waals surface area contributed by atoms with Crippen LogP contribution >= 0.6 is 47.1 Å². The predicted molar refractivity (Wildman–Crippen MR) is 103 cm³/mol. The van der Waals surface area contributed by atoms with Crippen LogP contribution in [0.1, 0.15) is 29.5 Å². The van der Waals surface area contributed by atoms with Crippen molar-refractivity contribution in [1.82, 2.24) is 10.6 Å². The molecule has 0 aromatic carbocycles. The molecule has 1 aliphatic rings. The zero-order chi connectivity index (χ0) is 13.7. The molecule has 0 radical (unpaired) electrons. The summed E-state index contributed by atoms with van der Waals surface area (Å²) in [4.78, 5) is 7.00. The van der Waals surface area contributed by atoms with Gasteiger partial charge in [-0.2, -0.15) is 11.8 Å². The maximum Gasteiger partial charge on any atom is 0.191 e. The number of nitrogens with one attached hydrogen (secondary N) is 2.